The van der Waals surface area contributed by atoms with Crippen molar-refractivity contribution in [3.8, 4) is 0 Å². The Labute approximate surface area is 182 Å². The predicted octanol–water partition coefficient (Wildman–Crippen LogP) is 1.05. The van der Waals surface area contributed by atoms with Crippen LogP contribution in [-0.2, 0) is 4.79 Å². The number of guanidine groups is 1. The van der Waals surface area contributed by atoms with Gasteiger partial charge in [0, 0.05) is 51.2 Å². The number of halogens is 1. The fraction of sp³-hybridized carbons (Fsp3) is 0.895. The Bertz CT molecular complexity index is 473. The minimum absolute atomic E-state index is 0. The average Bonchev–Trinajstić information content (AvgIpc) is 2.96. The van der Waals surface area contributed by atoms with Crippen LogP contribution in [0.3, 0.4) is 0 Å². The van der Waals surface area contributed by atoms with Gasteiger partial charge in [0.15, 0.2) is 5.96 Å². The van der Waals surface area contributed by atoms with E-state index in [0.717, 1.165) is 58.2 Å². The van der Waals surface area contributed by atoms with Gasteiger partial charge >= 0.3 is 0 Å². The molecule has 0 bridgehead atoms. The van der Waals surface area contributed by atoms with Crippen LogP contribution in [-0.4, -0.2) is 98.6 Å². The second kappa shape index (κ2) is 12.8. The summed E-state index contributed by atoms with van der Waals surface area (Å²) < 4.78 is 0. The number of amides is 1. The number of carbonyl (C=O) groups is 1. The van der Waals surface area contributed by atoms with Gasteiger partial charge in [-0.1, -0.05) is 13.8 Å². The number of hydrogen-bond donors (Lipinski definition) is 2. The van der Waals surface area contributed by atoms with E-state index in [4.69, 9.17) is 4.99 Å². The minimum Gasteiger partial charge on any atom is -0.357 e. The Morgan fingerprint density at radius 3 is 2.67 bits per heavy atom. The standard InChI is InChI=1S/C19H38N6O.HI/c1-5-20-19(21-8-12-24-10-6-9-23(4)13-14-24)22-17-7-11-25(15-17)18(26)16(2)3;/h16-17H,5-15H2,1-4H3,(H2,20,21,22);1H. The highest BCUT2D eigenvalue weighted by molar-refractivity contribution is 14.0. The third-order valence-electron chi connectivity index (χ3n) is 5.18. The van der Waals surface area contributed by atoms with E-state index in [1.165, 1.54) is 19.5 Å². The van der Waals surface area contributed by atoms with Crippen molar-refractivity contribution in [2.75, 3.05) is 66.0 Å². The van der Waals surface area contributed by atoms with Crippen LogP contribution in [0.15, 0.2) is 4.99 Å². The summed E-state index contributed by atoms with van der Waals surface area (Å²) in [6, 6.07) is 0.294. The molecule has 2 N–H and O–H groups in total. The zero-order valence-electron chi connectivity index (χ0n) is 17.5. The Balaban J connectivity index is 0.00000364. The molecular weight excluding hydrogens is 455 g/mol. The fourth-order valence-corrected chi connectivity index (χ4v) is 3.58. The van der Waals surface area contributed by atoms with E-state index in [-0.39, 0.29) is 35.8 Å². The Kier molecular flexibility index (Phi) is 11.6. The molecule has 0 aromatic rings. The van der Waals surface area contributed by atoms with E-state index < -0.39 is 0 Å². The number of carbonyl (C=O) groups excluding carboxylic acids is 1. The predicted molar refractivity (Wildman–Crippen MR) is 123 cm³/mol. The van der Waals surface area contributed by atoms with Crippen molar-refractivity contribution in [3.05, 3.63) is 0 Å². The second-order valence-electron chi connectivity index (χ2n) is 7.83. The van der Waals surface area contributed by atoms with Crippen LogP contribution in [0.5, 0.6) is 0 Å². The Hall–Kier alpha value is -0.610. The van der Waals surface area contributed by atoms with Crippen molar-refractivity contribution in [2.45, 2.75) is 39.7 Å². The zero-order valence-corrected chi connectivity index (χ0v) is 19.9. The molecule has 0 saturated carbocycles. The average molecular weight is 494 g/mol. The van der Waals surface area contributed by atoms with Crippen molar-refractivity contribution in [1.82, 2.24) is 25.3 Å². The molecule has 1 atom stereocenters. The Morgan fingerprint density at radius 1 is 1.19 bits per heavy atom. The van der Waals surface area contributed by atoms with Gasteiger partial charge in [0.2, 0.25) is 5.91 Å². The summed E-state index contributed by atoms with van der Waals surface area (Å²) in [5.74, 6) is 1.20. The number of hydrogen-bond acceptors (Lipinski definition) is 4. The van der Waals surface area contributed by atoms with Crippen molar-refractivity contribution >= 4 is 35.8 Å². The summed E-state index contributed by atoms with van der Waals surface area (Å²) in [5.41, 5.74) is 0. The number of rotatable bonds is 6. The maximum absolute atomic E-state index is 12.1. The van der Waals surface area contributed by atoms with Crippen LogP contribution in [0.2, 0.25) is 0 Å². The topological polar surface area (TPSA) is 63.2 Å². The summed E-state index contributed by atoms with van der Waals surface area (Å²) in [7, 11) is 2.20. The summed E-state index contributed by atoms with van der Waals surface area (Å²) >= 11 is 0. The van der Waals surface area contributed by atoms with Crippen molar-refractivity contribution in [2.24, 2.45) is 10.9 Å². The lowest BCUT2D eigenvalue weighted by atomic mass is 10.2. The lowest BCUT2D eigenvalue weighted by Gasteiger charge is -2.21. The first kappa shape index (κ1) is 24.4. The Morgan fingerprint density at radius 2 is 1.96 bits per heavy atom. The molecule has 0 radical (unpaired) electrons. The summed E-state index contributed by atoms with van der Waals surface area (Å²) in [6.07, 6.45) is 2.22. The van der Waals surface area contributed by atoms with E-state index in [0.29, 0.717) is 6.04 Å². The summed E-state index contributed by atoms with van der Waals surface area (Å²) in [4.78, 5) is 23.8. The molecule has 0 aromatic carbocycles. The molecule has 0 aliphatic carbocycles. The lowest BCUT2D eigenvalue weighted by Crippen LogP contribution is -2.45. The third kappa shape index (κ3) is 8.51. The van der Waals surface area contributed by atoms with Crippen molar-refractivity contribution < 1.29 is 4.79 Å². The molecule has 2 rings (SSSR count). The highest BCUT2D eigenvalue weighted by Crippen LogP contribution is 2.12. The number of likely N-dealkylation sites (tertiary alicyclic amines) is 1. The van der Waals surface area contributed by atoms with Gasteiger partial charge in [0.05, 0.1) is 6.54 Å². The van der Waals surface area contributed by atoms with Gasteiger partial charge in [-0.05, 0) is 39.9 Å². The quantitative estimate of drug-likeness (QED) is 0.329. The van der Waals surface area contributed by atoms with Crippen LogP contribution >= 0.6 is 24.0 Å². The minimum atomic E-state index is 0. The van der Waals surface area contributed by atoms with Crippen LogP contribution in [0.25, 0.3) is 0 Å². The molecule has 1 amide bonds. The number of nitrogens with zero attached hydrogens (tertiary/aromatic N) is 4. The van der Waals surface area contributed by atoms with E-state index in [1.807, 2.05) is 18.7 Å². The second-order valence-corrected chi connectivity index (χ2v) is 7.83. The molecule has 0 aromatic heterocycles. The van der Waals surface area contributed by atoms with Crippen molar-refractivity contribution in [1.29, 1.82) is 0 Å². The monoisotopic (exact) mass is 494 g/mol. The van der Waals surface area contributed by atoms with E-state index >= 15 is 0 Å². The van der Waals surface area contributed by atoms with Gasteiger partial charge in [-0.15, -0.1) is 24.0 Å². The third-order valence-corrected chi connectivity index (χ3v) is 5.18. The van der Waals surface area contributed by atoms with Crippen LogP contribution in [0.4, 0.5) is 0 Å². The molecule has 158 valence electrons. The molecule has 2 saturated heterocycles. The van der Waals surface area contributed by atoms with Gasteiger partial charge in [-0.3, -0.25) is 9.79 Å². The number of aliphatic imine (C=N–C) groups is 1. The van der Waals surface area contributed by atoms with E-state index in [1.54, 1.807) is 0 Å². The molecule has 2 aliphatic heterocycles. The molecule has 2 heterocycles. The molecule has 8 heteroatoms. The van der Waals surface area contributed by atoms with E-state index in [9.17, 15) is 4.79 Å². The van der Waals surface area contributed by atoms with Gasteiger partial charge in [-0.2, -0.15) is 0 Å². The van der Waals surface area contributed by atoms with Gasteiger partial charge in [-0.25, -0.2) is 0 Å². The molecule has 0 spiro atoms. The molecule has 2 aliphatic rings. The normalized spacial score (nSPS) is 22.5. The lowest BCUT2D eigenvalue weighted by molar-refractivity contribution is -0.133. The van der Waals surface area contributed by atoms with Crippen LogP contribution < -0.4 is 10.6 Å². The largest absolute Gasteiger partial charge is 0.357 e. The summed E-state index contributed by atoms with van der Waals surface area (Å²) in [5, 5.41) is 6.86. The molecular formula is C19H39IN6O. The smallest absolute Gasteiger partial charge is 0.225 e. The molecule has 27 heavy (non-hydrogen) atoms. The van der Waals surface area contributed by atoms with Crippen LogP contribution in [0.1, 0.15) is 33.6 Å². The molecule has 2 fully saturated rings. The first-order valence-electron chi connectivity index (χ1n) is 10.2. The number of likely N-dealkylation sites (N-methyl/N-ethyl adjacent to an activating group) is 1. The van der Waals surface area contributed by atoms with Crippen molar-refractivity contribution in [3.63, 3.8) is 0 Å². The first-order chi connectivity index (χ1) is 12.5. The van der Waals surface area contributed by atoms with Gasteiger partial charge < -0.3 is 25.3 Å². The summed E-state index contributed by atoms with van der Waals surface area (Å²) in [6.45, 7) is 14.9. The van der Waals surface area contributed by atoms with Gasteiger partial charge in [0.1, 0.15) is 0 Å². The maximum Gasteiger partial charge on any atom is 0.225 e. The van der Waals surface area contributed by atoms with Gasteiger partial charge in [0.25, 0.3) is 0 Å². The SMILES string of the molecule is CCNC(=NCCN1CCCN(C)CC1)NC1CCN(C(=O)C(C)C)C1.I. The fourth-order valence-electron chi connectivity index (χ4n) is 3.58. The molecule has 7 nitrogen and oxygen atoms in total. The number of nitrogens with one attached hydrogen (secondary N) is 2. The first-order valence-corrected chi connectivity index (χ1v) is 10.2. The zero-order chi connectivity index (χ0) is 18.9. The maximum atomic E-state index is 12.1. The highest BCUT2D eigenvalue weighted by atomic mass is 127. The highest BCUT2D eigenvalue weighted by Gasteiger charge is 2.27. The van der Waals surface area contributed by atoms with Crippen LogP contribution in [0, 0.1) is 5.92 Å². The van der Waals surface area contributed by atoms with E-state index in [2.05, 4.69) is 34.4 Å². The molecule has 1 unspecified atom stereocenters.